The number of aromatic nitrogens is 1. The van der Waals surface area contributed by atoms with Crippen LogP contribution in [0.4, 0.5) is 11.5 Å². The van der Waals surface area contributed by atoms with Crippen LogP contribution in [-0.2, 0) is 14.5 Å². The highest BCUT2D eigenvalue weighted by molar-refractivity contribution is 7.97. The average molecular weight is 500 g/mol. The van der Waals surface area contributed by atoms with E-state index in [4.69, 9.17) is 9.76 Å². The summed E-state index contributed by atoms with van der Waals surface area (Å²) in [6, 6.07) is 8.29. The third-order valence-electron chi connectivity index (χ3n) is 8.65. The third kappa shape index (κ3) is 3.89. The standard InChI is InChI=1S/C25H33N5O2S2/c1-23(6-7-23)29-33-17-12-19-18(4-5-21(27-19)28-22(31)25-14-16(25)15-25)20(13-17)30-10-8-24(2,9-11-30)34(3,26)32/h4-5,12-13,16,26,29H,6-11,14-15H2,1-3H3,(H,27,28,31). The van der Waals surface area contributed by atoms with Gasteiger partial charge in [0.15, 0.2) is 0 Å². The maximum atomic E-state index is 12.6. The first-order valence-electron chi connectivity index (χ1n) is 12.2. The van der Waals surface area contributed by atoms with Crippen LogP contribution in [0, 0.1) is 16.1 Å². The van der Waals surface area contributed by atoms with Crippen LogP contribution in [0.15, 0.2) is 29.2 Å². The van der Waals surface area contributed by atoms with Gasteiger partial charge in [-0.15, -0.1) is 0 Å². The van der Waals surface area contributed by atoms with E-state index in [0.29, 0.717) is 11.7 Å². The van der Waals surface area contributed by atoms with Gasteiger partial charge in [0.2, 0.25) is 5.91 Å². The Morgan fingerprint density at radius 1 is 1.18 bits per heavy atom. The lowest BCUT2D eigenvalue weighted by Crippen LogP contribution is -2.46. The molecule has 0 radical (unpaired) electrons. The fourth-order valence-electron chi connectivity index (χ4n) is 4.98. The second-order valence-electron chi connectivity index (χ2n) is 11.5. The van der Waals surface area contributed by atoms with Gasteiger partial charge in [-0.05, 0) is 94.5 Å². The first kappa shape index (κ1) is 22.6. The van der Waals surface area contributed by atoms with E-state index in [1.807, 2.05) is 13.0 Å². The van der Waals surface area contributed by atoms with E-state index >= 15 is 0 Å². The molecule has 7 nitrogen and oxygen atoms in total. The lowest BCUT2D eigenvalue weighted by atomic mass is 9.97. The molecule has 4 fully saturated rings. The number of nitrogens with zero attached hydrogens (tertiary/aromatic N) is 2. The van der Waals surface area contributed by atoms with Crippen LogP contribution in [0.25, 0.3) is 10.9 Å². The van der Waals surface area contributed by atoms with E-state index in [0.717, 1.165) is 60.3 Å². The molecule has 1 aromatic heterocycles. The molecule has 1 unspecified atom stereocenters. The summed E-state index contributed by atoms with van der Waals surface area (Å²) in [4.78, 5) is 20.9. The zero-order valence-corrected chi connectivity index (χ0v) is 21.7. The Morgan fingerprint density at radius 2 is 1.85 bits per heavy atom. The number of carbonyl (C=O) groups excluding carboxylic acids is 1. The summed E-state index contributed by atoms with van der Waals surface area (Å²) < 4.78 is 23.9. The molecule has 0 bridgehead atoms. The van der Waals surface area contributed by atoms with Crippen LogP contribution in [-0.4, -0.2) is 44.7 Å². The Kier molecular flexibility index (Phi) is 4.88. The molecule has 0 spiro atoms. The number of anilines is 2. The minimum Gasteiger partial charge on any atom is -0.371 e. The molecule has 1 amide bonds. The van der Waals surface area contributed by atoms with E-state index in [1.54, 1.807) is 18.2 Å². The number of piperidine rings is 1. The quantitative estimate of drug-likeness (QED) is 0.475. The van der Waals surface area contributed by atoms with Gasteiger partial charge in [-0.2, -0.15) is 0 Å². The van der Waals surface area contributed by atoms with Crippen LogP contribution in [0.2, 0.25) is 0 Å². The number of pyridine rings is 1. The van der Waals surface area contributed by atoms with Crippen LogP contribution in [0.5, 0.6) is 0 Å². The van der Waals surface area contributed by atoms with Gasteiger partial charge in [0, 0.05) is 50.6 Å². The topological polar surface area (TPSA) is 98.2 Å². The van der Waals surface area contributed by atoms with Crippen molar-refractivity contribution in [3.05, 3.63) is 24.3 Å². The normalized spacial score (nSPS) is 29.7. The summed E-state index contributed by atoms with van der Waals surface area (Å²) in [5.74, 6) is 1.34. The molecule has 1 saturated heterocycles. The minimum atomic E-state index is -2.61. The molecular weight excluding hydrogens is 466 g/mol. The molecule has 4 aliphatic rings. The Balaban J connectivity index is 1.30. The van der Waals surface area contributed by atoms with Crippen LogP contribution < -0.4 is 14.9 Å². The highest BCUT2D eigenvalue weighted by Gasteiger charge is 2.74. The number of hydrogen-bond acceptors (Lipinski definition) is 7. The number of hydrogen-bond donors (Lipinski definition) is 3. The molecule has 3 saturated carbocycles. The monoisotopic (exact) mass is 499 g/mol. The van der Waals surface area contributed by atoms with Crippen LogP contribution in [0.3, 0.4) is 0 Å². The van der Waals surface area contributed by atoms with Crippen molar-refractivity contribution in [2.45, 2.75) is 67.6 Å². The number of carbonyl (C=O) groups is 1. The second kappa shape index (κ2) is 7.34. The lowest BCUT2D eigenvalue weighted by Gasteiger charge is -2.40. The zero-order valence-electron chi connectivity index (χ0n) is 20.1. The van der Waals surface area contributed by atoms with Gasteiger partial charge in [0.25, 0.3) is 0 Å². The van der Waals surface area contributed by atoms with Crippen molar-refractivity contribution in [3.63, 3.8) is 0 Å². The Hall–Kier alpha value is -1.84. The van der Waals surface area contributed by atoms with Gasteiger partial charge in [-0.25, -0.2) is 9.19 Å². The third-order valence-corrected chi connectivity index (χ3v) is 12.0. The molecule has 3 N–H and O–H groups in total. The summed E-state index contributed by atoms with van der Waals surface area (Å²) in [6.07, 6.45) is 7.45. The largest absolute Gasteiger partial charge is 0.371 e. The smallest absolute Gasteiger partial charge is 0.232 e. The fourth-order valence-corrected chi connectivity index (χ4v) is 6.85. The number of fused-ring (bicyclic) bond motifs is 2. The number of nitrogens with one attached hydrogen (secondary N) is 3. The fraction of sp³-hybridized carbons (Fsp3) is 0.600. The van der Waals surface area contributed by atoms with Gasteiger partial charge in [-0.3, -0.25) is 14.3 Å². The SMILES string of the molecule is CC1(NSc2cc(N3CCC(C)(S(C)(=N)=O)CC3)c3ccc(NC(=O)C45CC4C5)nc3c2)CC1. The summed E-state index contributed by atoms with van der Waals surface area (Å²) in [7, 11) is -2.61. The molecule has 182 valence electrons. The van der Waals surface area contributed by atoms with Gasteiger partial charge < -0.3 is 10.2 Å². The summed E-state index contributed by atoms with van der Waals surface area (Å²) in [5.41, 5.74) is 2.11. The Labute approximate surface area is 205 Å². The van der Waals surface area contributed by atoms with Gasteiger partial charge in [0.1, 0.15) is 5.82 Å². The molecule has 1 aromatic carbocycles. The molecule has 2 aromatic rings. The Bertz CT molecular complexity index is 1290. The van der Waals surface area contributed by atoms with Crippen molar-refractivity contribution >= 4 is 50.0 Å². The van der Waals surface area contributed by atoms with Crippen molar-refractivity contribution in [2.75, 3.05) is 29.6 Å². The molecule has 1 aliphatic heterocycles. The summed E-state index contributed by atoms with van der Waals surface area (Å²) in [6.45, 7) is 5.75. The first-order chi connectivity index (χ1) is 16.0. The molecular formula is C25H33N5O2S2. The zero-order chi connectivity index (χ0) is 23.9. The number of amides is 1. The second-order valence-corrected chi connectivity index (χ2v) is 15.0. The predicted octanol–water partition coefficient (Wildman–Crippen LogP) is 4.77. The average Bonchev–Trinajstić information content (AvgIpc) is 3.68. The van der Waals surface area contributed by atoms with E-state index in [2.05, 4.69) is 40.1 Å². The summed E-state index contributed by atoms with van der Waals surface area (Å²) >= 11 is 1.65. The molecule has 2 heterocycles. The Morgan fingerprint density at radius 3 is 2.44 bits per heavy atom. The molecule has 1 atom stereocenters. The van der Waals surface area contributed by atoms with Crippen LogP contribution >= 0.6 is 11.9 Å². The first-order valence-corrected chi connectivity index (χ1v) is 15.0. The molecule has 9 heteroatoms. The van der Waals surface area contributed by atoms with E-state index in [-0.39, 0.29) is 16.9 Å². The predicted molar refractivity (Wildman–Crippen MR) is 139 cm³/mol. The maximum absolute atomic E-state index is 12.6. The van der Waals surface area contributed by atoms with Crippen molar-refractivity contribution in [3.8, 4) is 0 Å². The van der Waals surface area contributed by atoms with Gasteiger partial charge in [-0.1, -0.05) is 0 Å². The van der Waals surface area contributed by atoms with Crippen molar-refractivity contribution in [1.82, 2.24) is 9.71 Å². The highest BCUT2D eigenvalue weighted by Crippen LogP contribution is 2.75. The van der Waals surface area contributed by atoms with E-state index < -0.39 is 14.5 Å². The highest BCUT2D eigenvalue weighted by atomic mass is 32.2. The van der Waals surface area contributed by atoms with E-state index in [1.165, 1.54) is 12.8 Å². The van der Waals surface area contributed by atoms with Crippen LogP contribution in [0.1, 0.15) is 52.4 Å². The van der Waals surface area contributed by atoms with Gasteiger partial charge in [0.05, 0.1) is 15.7 Å². The number of benzene rings is 1. The molecule has 34 heavy (non-hydrogen) atoms. The molecule has 6 rings (SSSR count). The van der Waals surface area contributed by atoms with E-state index in [9.17, 15) is 9.00 Å². The van der Waals surface area contributed by atoms with Gasteiger partial charge >= 0.3 is 0 Å². The molecule has 3 aliphatic carbocycles. The van der Waals surface area contributed by atoms with Crippen molar-refractivity contribution in [1.29, 1.82) is 4.78 Å². The minimum absolute atomic E-state index is 0.0839. The van der Waals surface area contributed by atoms with Crippen molar-refractivity contribution < 1.29 is 9.00 Å². The van der Waals surface area contributed by atoms with Crippen molar-refractivity contribution in [2.24, 2.45) is 11.3 Å². The lowest BCUT2D eigenvalue weighted by molar-refractivity contribution is -0.119. The maximum Gasteiger partial charge on any atom is 0.232 e. The summed E-state index contributed by atoms with van der Waals surface area (Å²) in [5, 5.41) is 4.11. The number of rotatable bonds is 7.